The molecule has 0 amide bonds. The smallest absolute Gasteiger partial charge is 0.211 e. The van der Waals surface area contributed by atoms with E-state index in [1.807, 2.05) is 0 Å². The van der Waals surface area contributed by atoms with Crippen LogP contribution in [0.5, 0.6) is 0 Å². The van der Waals surface area contributed by atoms with E-state index < -0.39 is 10.0 Å². The Morgan fingerprint density at radius 1 is 1.06 bits per heavy atom. The molecule has 0 bridgehead atoms. The third-order valence-electron chi connectivity index (χ3n) is 3.21. The van der Waals surface area contributed by atoms with Gasteiger partial charge in [-0.2, -0.15) is 0 Å². The van der Waals surface area contributed by atoms with Crippen LogP contribution < -0.4 is 10.0 Å². The monoisotopic (exact) mass is 278 g/mol. The van der Waals surface area contributed by atoms with Gasteiger partial charge in [-0.1, -0.05) is 27.7 Å². The van der Waals surface area contributed by atoms with Crippen LogP contribution in [0.25, 0.3) is 0 Å². The quantitative estimate of drug-likeness (QED) is 0.568. The summed E-state index contributed by atoms with van der Waals surface area (Å²) in [6.45, 7) is 10.9. The van der Waals surface area contributed by atoms with Crippen LogP contribution in [0, 0.1) is 11.8 Å². The van der Waals surface area contributed by atoms with Crippen LogP contribution in [0.15, 0.2) is 0 Å². The molecule has 0 spiro atoms. The van der Waals surface area contributed by atoms with Gasteiger partial charge in [0, 0.05) is 6.54 Å². The Bertz CT molecular complexity index is 289. The van der Waals surface area contributed by atoms with Gasteiger partial charge in [0.25, 0.3) is 0 Å². The van der Waals surface area contributed by atoms with Gasteiger partial charge in [-0.05, 0) is 44.2 Å². The van der Waals surface area contributed by atoms with E-state index >= 15 is 0 Å². The third kappa shape index (κ3) is 9.85. The lowest BCUT2D eigenvalue weighted by Gasteiger charge is -2.16. The molecule has 0 aliphatic rings. The zero-order chi connectivity index (χ0) is 14.0. The zero-order valence-corrected chi connectivity index (χ0v) is 13.1. The number of nitrogens with one attached hydrogen (secondary N) is 2. The lowest BCUT2D eigenvalue weighted by molar-refractivity contribution is 0.414. The van der Waals surface area contributed by atoms with Gasteiger partial charge in [0.05, 0.1) is 5.75 Å². The molecule has 0 aromatic rings. The Morgan fingerprint density at radius 3 is 2.28 bits per heavy atom. The minimum atomic E-state index is -3.08. The molecule has 5 heteroatoms. The summed E-state index contributed by atoms with van der Waals surface area (Å²) in [5, 5.41) is 3.27. The Labute approximate surface area is 113 Å². The third-order valence-corrected chi connectivity index (χ3v) is 4.64. The highest BCUT2D eigenvalue weighted by Gasteiger charge is 2.13. The van der Waals surface area contributed by atoms with Gasteiger partial charge in [-0.3, -0.25) is 0 Å². The highest BCUT2D eigenvalue weighted by atomic mass is 32.2. The maximum absolute atomic E-state index is 11.7. The topological polar surface area (TPSA) is 58.2 Å². The van der Waals surface area contributed by atoms with Crippen molar-refractivity contribution in [3.05, 3.63) is 0 Å². The Morgan fingerprint density at radius 2 is 1.72 bits per heavy atom. The first-order valence-corrected chi connectivity index (χ1v) is 8.72. The van der Waals surface area contributed by atoms with Crippen molar-refractivity contribution in [2.24, 2.45) is 11.8 Å². The molecule has 1 unspecified atom stereocenters. The first-order valence-electron chi connectivity index (χ1n) is 7.07. The molecule has 0 aromatic carbocycles. The maximum atomic E-state index is 11.7. The highest BCUT2D eigenvalue weighted by molar-refractivity contribution is 7.89. The maximum Gasteiger partial charge on any atom is 0.211 e. The minimum absolute atomic E-state index is 0.242. The van der Waals surface area contributed by atoms with E-state index in [0.29, 0.717) is 18.4 Å². The molecule has 2 N–H and O–H groups in total. The van der Waals surface area contributed by atoms with Crippen molar-refractivity contribution in [2.45, 2.75) is 47.0 Å². The molecule has 0 radical (unpaired) electrons. The van der Waals surface area contributed by atoms with Crippen LogP contribution in [0.2, 0.25) is 0 Å². The van der Waals surface area contributed by atoms with Crippen LogP contribution in [-0.4, -0.2) is 33.8 Å². The lowest BCUT2D eigenvalue weighted by atomic mass is 9.99. The fraction of sp³-hybridized carbons (Fsp3) is 1.00. The zero-order valence-electron chi connectivity index (χ0n) is 12.3. The van der Waals surface area contributed by atoms with Crippen molar-refractivity contribution < 1.29 is 8.42 Å². The highest BCUT2D eigenvalue weighted by Crippen LogP contribution is 2.08. The molecular weight excluding hydrogens is 248 g/mol. The summed E-state index contributed by atoms with van der Waals surface area (Å²) in [7, 11) is -3.08. The summed E-state index contributed by atoms with van der Waals surface area (Å²) in [5.41, 5.74) is 0. The van der Waals surface area contributed by atoms with Gasteiger partial charge < -0.3 is 5.32 Å². The molecule has 0 rings (SSSR count). The Hall–Kier alpha value is -0.130. The van der Waals surface area contributed by atoms with E-state index in [0.717, 1.165) is 32.4 Å². The van der Waals surface area contributed by atoms with Gasteiger partial charge in [0.15, 0.2) is 0 Å². The molecule has 4 nitrogen and oxygen atoms in total. The summed E-state index contributed by atoms with van der Waals surface area (Å²) >= 11 is 0. The average molecular weight is 278 g/mol. The second-order valence-electron chi connectivity index (χ2n) is 5.35. The molecule has 1 atom stereocenters. The van der Waals surface area contributed by atoms with E-state index in [1.165, 1.54) is 0 Å². The van der Waals surface area contributed by atoms with Crippen LogP contribution in [-0.2, 0) is 10.0 Å². The largest absolute Gasteiger partial charge is 0.317 e. The van der Waals surface area contributed by atoms with Crippen molar-refractivity contribution in [3.63, 3.8) is 0 Å². The summed E-state index contributed by atoms with van der Waals surface area (Å²) in [6.07, 6.45) is 2.76. The SMILES string of the molecule is CCCNCCCCS(=O)(=O)NCC(C)C(C)C. The van der Waals surface area contributed by atoms with Gasteiger partial charge in [-0.15, -0.1) is 0 Å². The van der Waals surface area contributed by atoms with Crippen LogP contribution in [0.3, 0.4) is 0 Å². The normalized spacial score (nSPS) is 14.1. The molecule has 0 aromatic heterocycles. The molecular formula is C13H30N2O2S. The van der Waals surface area contributed by atoms with Crippen molar-refractivity contribution in [1.29, 1.82) is 0 Å². The summed E-state index contributed by atoms with van der Waals surface area (Å²) in [4.78, 5) is 0. The van der Waals surface area contributed by atoms with Gasteiger partial charge in [-0.25, -0.2) is 13.1 Å². The second kappa shape index (κ2) is 9.75. The molecule has 0 aliphatic heterocycles. The van der Waals surface area contributed by atoms with E-state index in [-0.39, 0.29) is 5.75 Å². The summed E-state index contributed by atoms with van der Waals surface area (Å²) < 4.78 is 26.1. The fourth-order valence-electron chi connectivity index (χ4n) is 1.41. The van der Waals surface area contributed by atoms with Crippen LogP contribution >= 0.6 is 0 Å². The predicted molar refractivity (Wildman–Crippen MR) is 78.2 cm³/mol. The van der Waals surface area contributed by atoms with Crippen molar-refractivity contribution in [3.8, 4) is 0 Å². The Kier molecular flexibility index (Phi) is 9.68. The van der Waals surface area contributed by atoms with Gasteiger partial charge >= 0.3 is 0 Å². The van der Waals surface area contributed by atoms with E-state index in [1.54, 1.807) is 0 Å². The van der Waals surface area contributed by atoms with E-state index in [9.17, 15) is 8.42 Å². The van der Waals surface area contributed by atoms with Crippen molar-refractivity contribution in [1.82, 2.24) is 10.0 Å². The number of hydrogen-bond acceptors (Lipinski definition) is 3. The van der Waals surface area contributed by atoms with E-state index in [2.05, 4.69) is 37.7 Å². The van der Waals surface area contributed by atoms with E-state index in [4.69, 9.17) is 0 Å². The number of rotatable bonds is 11. The first kappa shape index (κ1) is 17.9. The molecule has 0 saturated heterocycles. The van der Waals surface area contributed by atoms with Gasteiger partial charge in [0.1, 0.15) is 0 Å². The van der Waals surface area contributed by atoms with Crippen molar-refractivity contribution >= 4 is 10.0 Å². The lowest BCUT2D eigenvalue weighted by Crippen LogP contribution is -2.32. The molecule has 0 aliphatic carbocycles. The Balaban J connectivity index is 3.68. The number of hydrogen-bond donors (Lipinski definition) is 2. The molecule has 0 saturated carbocycles. The predicted octanol–water partition coefficient (Wildman–Crippen LogP) is 1.98. The number of unbranched alkanes of at least 4 members (excludes halogenated alkanes) is 1. The second-order valence-corrected chi connectivity index (χ2v) is 7.27. The molecule has 18 heavy (non-hydrogen) atoms. The van der Waals surface area contributed by atoms with Crippen LogP contribution in [0.1, 0.15) is 47.0 Å². The van der Waals surface area contributed by atoms with Gasteiger partial charge in [0.2, 0.25) is 10.0 Å². The molecule has 110 valence electrons. The average Bonchev–Trinajstić information content (AvgIpc) is 2.30. The fourth-order valence-corrected chi connectivity index (χ4v) is 2.66. The standard InChI is InChI=1S/C13H30N2O2S/c1-5-8-14-9-6-7-10-18(16,17)15-11-13(4)12(2)3/h12-15H,5-11H2,1-4H3. The van der Waals surface area contributed by atoms with Crippen molar-refractivity contribution in [2.75, 3.05) is 25.4 Å². The molecule has 0 heterocycles. The first-order chi connectivity index (χ1) is 8.39. The minimum Gasteiger partial charge on any atom is -0.317 e. The summed E-state index contributed by atoms with van der Waals surface area (Å²) in [6, 6.07) is 0. The molecule has 0 fully saturated rings. The number of sulfonamides is 1. The van der Waals surface area contributed by atoms with Crippen LogP contribution in [0.4, 0.5) is 0 Å². The summed E-state index contributed by atoms with van der Waals surface area (Å²) in [5.74, 6) is 1.13.